The Morgan fingerprint density at radius 1 is 1.06 bits per heavy atom. The van der Waals surface area contributed by atoms with Crippen molar-refractivity contribution >= 4 is 11.9 Å². The average molecular weight is 420 g/mol. The Morgan fingerprint density at radius 2 is 1.81 bits per heavy atom. The van der Waals surface area contributed by atoms with Crippen LogP contribution >= 0.6 is 0 Å². The molecular formula is C24H24N2O5. The van der Waals surface area contributed by atoms with Gasteiger partial charge in [-0.15, -0.1) is 0 Å². The summed E-state index contributed by atoms with van der Waals surface area (Å²) < 4.78 is 10.5. The Morgan fingerprint density at radius 3 is 2.48 bits per heavy atom. The van der Waals surface area contributed by atoms with Gasteiger partial charge in [0.25, 0.3) is 5.91 Å². The van der Waals surface area contributed by atoms with E-state index in [1.807, 2.05) is 24.3 Å². The number of rotatable bonds is 7. The number of hydrogen-bond acceptors (Lipinski definition) is 6. The van der Waals surface area contributed by atoms with Crippen LogP contribution in [0.4, 0.5) is 0 Å². The maximum absolute atomic E-state index is 12.7. The van der Waals surface area contributed by atoms with E-state index >= 15 is 0 Å². The third-order valence-electron chi connectivity index (χ3n) is 4.60. The molecule has 1 aromatic heterocycles. The summed E-state index contributed by atoms with van der Waals surface area (Å²) in [5.41, 5.74) is 1.35. The van der Waals surface area contributed by atoms with E-state index in [2.05, 4.69) is 10.3 Å². The molecule has 7 heteroatoms. The third-order valence-corrected chi connectivity index (χ3v) is 4.60. The van der Waals surface area contributed by atoms with Crippen LogP contribution in [0, 0.1) is 0 Å². The summed E-state index contributed by atoms with van der Waals surface area (Å²) in [6.45, 7) is 3.74. The molecule has 0 fully saturated rings. The first kappa shape index (κ1) is 22.0. The average Bonchev–Trinajstić information content (AvgIpc) is 2.77. The van der Waals surface area contributed by atoms with Crippen LogP contribution < -0.4 is 10.1 Å². The minimum absolute atomic E-state index is 0.124. The lowest BCUT2D eigenvalue weighted by Gasteiger charge is -2.18. The standard InChI is InChI=1S/C24H24N2O5/c1-24(2,29)18-11-9-16(10-12-18)15-26-21(27)20-8-5-13-25-22(20)31-19-7-4-6-17(14-19)23(28)30-3/h4-14,29H,15H2,1-3H3,(H,26,27). The molecule has 0 atom stereocenters. The van der Waals surface area contributed by atoms with E-state index in [1.165, 1.54) is 19.4 Å². The largest absolute Gasteiger partial charge is 0.465 e. The van der Waals surface area contributed by atoms with Gasteiger partial charge in [-0.25, -0.2) is 9.78 Å². The quantitative estimate of drug-likeness (QED) is 0.564. The molecule has 2 aromatic carbocycles. The summed E-state index contributed by atoms with van der Waals surface area (Å²) in [5.74, 6) is -0.351. The first-order valence-electron chi connectivity index (χ1n) is 9.69. The lowest BCUT2D eigenvalue weighted by Crippen LogP contribution is -2.23. The van der Waals surface area contributed by atoms with Crippen LogP contribution in [-0.2, 0) is 16.9 Å². The zero-order chi connectivity index (χ0) is 22.4. The molecule has 160 valence electrons. The number of amides is 1. The van der Waals surface area contributed by atoms with Crippen LogP contribution in [0.25, 0.3) is 0 Å². The van der Waals surface area contributed by atoms with Crippen LogP contribution in [0.15, 0.2) is 66.9 Å². The predicted molar refractivity (Wildman–Crippen MR) is 115 cm³/mol. The molecule has 0 saturated carbocycles. The fraction of sp³-hybridized carbons (Fsp3) is 0.208. The van der Waals surface area contributed by atoms with E-state index in [1.54, 1.807) is 44.2 Å². The van der Waals surface area contributed by atoms with Crippen LogP contribution in [0.1, 0.15) is 45.7 Å². The Labute approximate surface area is 180 Å². The van der Waals surface area contributed by atoms with Crippen molar-refractivity contribution in [3.05, 3.63) is 89.1 Å². The highest BCUT2D eigenvalue weighted by atomic mass is 16.5. The second kappa shape index (κ2) is 9.40. The number of nitrogens with zero attached hydrogens (tertiary/aromatic N) is 1. The molecule has 0 aliphatic carbocycles. The van der Waals surface area contributed by atoms with Gasteiger partial charge in [0.05, 0.1) is 18.3 Å². The topological polar surface area (TPSA) is 97.8 Å². The molecule has 7 nitrogen and oxygen atoms in total. The van der Waals surface area contributed by atoms with E-state index in [-0.39, 0.29) is 17.4 Å². The van der Waals surface area contributed by atoms with Gasteiger partial charge in [0.1, 0.15) is 11.3 Å². The Balaban J connectivity index is 1.71. The monoisotopic (exact) mass is 420 g/mol. The normalized spacial score (nSPS) is 11.0. The van der Waals surface area contributed by atoms with Crippen LogP contribution in [0.3, 0.4) is 0 Å². The molecule has 1 heterocycles. The van der Waals surface area contributed by atoms with Gasteiger partial charge in [0.15, 0.2) is 0 Å². The van der Waals surface area contributed by atoms with Crippen molar-refractivity contribution in [3.63, 3.8) is 0 Å². The number of carbonyl (C=O) groups is 2. The number of nitrogens with one attached hydrogen (secondary N) is 1. The van der Waals surface area contributed by atoms with Gasteiger partial charge in [-0.2, -0.15) is 0 Å². The molecule has 0 bridgehead atoms. The van der Waals surface area contributed by atoms with E-state index in [0.717, 1.165) is 11.1 Å². The zero-order valence-electron chi connectivity index (χ0n) is 17.6. The molecule has 1 amide bonds. The van der Waals surface area contributed by atoms with Crippen LogP contribution in [0.2, 0.25) is 0 Å². The summed E-state index contributed by atoms with van der Waals surface area (Å²) in [4.78, 5) is 28.6. The number of carbonyl (C=O) groups excluding carboxylic acids is 2. The summed E-state index contributed by atoms with van der Waals surface area (Å²) in [6, 6.07) is 17.1. The second-order valence-corrected chi connectivity index (χ2v) is 7.42. The lowest BCUT2D eigenvalue weighted by atomic mass is 9.97. The number of esters is 1. The van der Waals surface area contributed by atoms with Gasteiger partial charge in [-0.3, -0.25) is 4.79 Å². The van der Waals surface area contributed by atoms with Crippen LogP contribution in [0.5, 0.6) is 11.6 Å². The molecule has 3 rings (SSSR count). The summed E-state index contributed by atoms with van der Waals surface area (Å²) in [6.07, 6.45) is 1.52. The molecule has 0 saturated heterocycles. The molecule has 0 unspecified atom stereocenters. The smallest absolute Gasteiger partial charge is 0.337 e. The SMILES string of the molecule is COC(=O)c1cccc(Oc2ncccc2C(=O)NCc2ccc(C(C)(C)O)cc2)c1. The van der Waals surface area contributed by atoms with Gasteiger partial charge >= 0.3 is 5.97 Å². The van der Waals surface area contributed by atoms with Crippen molar-refractivity contribution in [1.29, 1.82) is 0 Å². The van der Waals surface area contributed by atoms with Crippen molar-refractivity contribution in [1.82, 2.24) is 10.3 Å². The maximum Gasteiger partial charge on any atom is 0.337 e. The van der Waals surface area contributed by atoms with E-state index in [4.69, 9.17) is 9.47 Å². The van der Waals surface area contributed by atoms with Crippen LogP contribution in [-0.4, -0.2) is 29.1 Å². The van der Waals surface area contributed by atoms with Crippen molar-refractivity contribution in [3.8, 4) is 11.6 Å². The molecule has 31 heavy (non-hydrogen) atoms. The van der Waals surface area contributed by atoms with E-state index < -0.39 is 11.6 Å². The number of hydrogen-bond donors (Lipinski definition) is 2. The fourth-order valence-electron chi connectivity index (χ4n) is 2.87. The Bertz CT molecular complexity index is 1070. The van der Waals surface area contributed by atoms with E-state index in [9.17, 15) is 14.7 Å². The van der Waals surface area contributed by atoms with Gasteiger partial charge in [-0.05, 0) is 55.3 Å². The van der Waals surface area contributed by atoms with Crippen molar-refractivity contribution in [2.75, 3.05) is 7.11 Å². The summed E-state index contributed by atoms with van der Waals surface area (Å²) in [7, 11) is 1.30. The van der Waals surface area contributed by atoms with Gasteiger partial charge in [-0.1, -0.05) is 30.3 Å². The first-order valence-corrected chi connectivity index (χ1v) is 9.69. The zero-order valence-corrected chi connectivity index (χ0v) is 17.6. The van der Waals surface area contributed by atoms with E-state index in [0.29, 0.717) is 17.9 Å². The summed E-state index contributed by atoms with van der Waals surface area (Å²) in [5, 5.41) is 12.9. The Hall–Kier alpha value is -3.71. The van der Waals surface area contributed by atoms with Crippen molar-refractivity contribution in [2.45, 2.75) is 26.0 Å². The first-order chi connectivity index (χ1) is 14.8. The third kappa shape index (κ3) is 5.67. The number of benzene rings is 2. The maximum atomic E-state index is 12.7. The van der Waals surface area contributed by atoms with Gasteiger partial charge in [0.2, 0.25) is 5.88 Å². The van der Waals surface area contributed by atoms with Crippen molar-refractivity contribution < 1.29 is 24.2 Å². The molecule has 2 N–H and O–H groups in total. The highest BCUT2D eigenvalue weighted by Crippen LogP contribution is 2.24. The predicted octanol–water partition coefficient (Wildman–Crippen LogP) is 3.82. The highest BCUT2D eigenvalue weighted by Gasteiger charge is 2.17. The molecule has 0 aliphatic heterocycles. The number of aromatic nitrogens is 1. The van der Waals surface area contributed by atoms with Gasteiger partial charge in [0, 0.05) is 12.7 Å². The molecule has 0 radical (unpaired) electrons. The Kier molecular flexibility index (Phi) is 6.67. The second-order valence-electron chi connectivity index (χ2n) is 7.42. The highest BCUT2D eigenvalue weighted by molar-refractivity contribution is 5.96. The summed E-state index contributed by atoms with van der Waals surface area (Å²) >= 11 is 0. The minimum Gasteiger partial charge on any atom is -0.465 e. The minimum atomic E-state index is -0.922. The lowest BCUT2D eigenvalue weighted by molar-refractivity contribution is 0.0600. The molecule has 3 aromatic rings. The molecule has 0 aliphatic rings. The fourth-order valence-corrected chi connectivity index (χ4v) is 2.87. The number of pyridine rings is 1. The van der Waals surface area contributed by atoms with Crippen molar-refractivity contribution in [2.24, 2.45) is 0 Å². The number of ether oxygens (including phenoxy) is 2. The molecular weight excluding hydrogens is 396 g/mol. The van der Waals surface area contributed by atoms with Gasteiger partial charge < -0.3 is 19.9 Å². The number of methoxy groups -OCH3 is 1. The number of aliphatic hydroxyl groups is 1. The molecule has 0 spiro atoms.